The molecule has 0 spiro atoms. The summed E-state index contributed by atoms with van der Waals surface area (Å²) in [5.41, 5.74) is -1.28. The summed E-state index contributed by atoms with van der Waals surface area (Å²) >= 11 is 0. The van der Waals surface area contributed by atoms with Crippen LogP contribution in [0.1, 0.15) is 40.0 Å². The van der Waals surface area contributed by atoms with Gasteiger partial charge in [-0.3, -0.25) is 4.79 Å². The van der Waals surface area contributed by atoms with Crippen LogP contribution in [0.2, 0.25) is 0 Å². The number of nitrogens with zero attached hydrogens (tertiary/aromatic N) is 2. The molecule has 1 aliphatic rings. The number of rotatable bonds is 5. The van der Waals surface area contributed by atoms with E-state index in [9.17, 15) is 18.3 Å². The molecule has 0 bridgehead atoms. The number of carbonyl (C=O) groups is 1. The average Bonchev–Trinajstić information content (AvgIpc) is 2.73. The summed E-state index contributed by atoms with van der Waals surface area (Å²) in [6.07, 6.45) is 1.25. The first kappa shape index (κ1) is 15.4. The van der Waals surface area contributed by atoms with Crippen molar-refractivity contribution in [1.29, 1.82) is 0 Å². The van der Waals surface area contributed by atoms with Gasteiger partial charge in [-0.2, -0.15) is 17.0 Å². The zero-order chi connectivity index (χ0) is 14.1. The fourth-order valence-electron chi connectivity index (χ4n) is 2.33. The van der Waals surface area contributed by atoms with Crippen molar-refractivity contribution >= 4 is 16.2 Å². The zero-order valence-electron chi connectivity index (χ0n) is 11.4. The predicted molar refractivity (Wildman–Crippen MR) is 68.4 cm³/mol. The second-order valence-electron chi connectivity index (χ2n) is 4.98. The molecule has 0 radical (unpaired) electrons. The molecule has 1 heterocycles. The highest BCUT2D eigenvalue weighted by molar-refractivity contribution is 7.86. The van der Waals surface area contributed by atoms with Crippen molar-refractivity contribution in [2.75, 3.05) is 13.6 Å². The molecule has 6 nitrogen and oxygen atoms in total. The van der Waals surface area contributed by atoms with Crippen LogP contribution in [0.3, 0.4) is 0 Å². The molecule has 1 rings (SSSR count). The fraction of sp³-hybridized carbons (Fsp3) is 0.909. The van der Waals surface area contributed by atoms with Gasteiger partial charge in [0.15, 0.2) is 0 Å². The van der Waals surface area contributed by atoms with Crippen LogP contribution in [0.15, 0.2) is 0 Å². The molecule has 0 aromatic rings. The molecule has 1 fully saturated rings. The van der Waals surface area contributed by atoms with Gasteiger partial charge in [0.05, 0.1) is 0 Å². The third-order valence-electron chi connectivity index (χ3n) is 3.78. The molecule has 0 aromatic carbocycles. The molecule has 18 heavy (non-hydrogen) atoms. The van der Waals surface area contributed by atoms with Gasteiger partial charge in [-0.15, -0.1) is 0 Å². The average molecular weight is 278 g/mol. The Bertz CT molecular complexity index is 421. The largest absolute Gasteiger partial charge is 0.480 e. The van der Waals surface area contributed by atoms with Crippen molar-refractivity contribution in [2.45, 2.75) is 51.6 Å². The smallest absolute Gasteiger partial charge is 0.325 e. The number of carboxylic acids is 1. The van der Waals surface area contributed by atoms with E-state index in [4.69, 9.17) is 0 Å². The normalized spacial score (nSPS) is 26.1. The summed E-state index contributed by atoms with van der Waals surface area (Å²) < 4.78 is 27.3. The molecule has 106 valence electrons. The highest BCUT2D eigenvalue weighted by Crippen LogP contribution is 2.36. The molecule has 1 aliphatic heterocycles. The molecule has 7 heteroatoms. The van der Waals surface area contributed by atoms with Crippen LogP contribution in [0.25, 0.3) is 0 Å². The SMILES string of the molecule is CCC1(C(=O)O)CCCN1S(=O)(=O)N(C)C(C)C. The molecular weight excluding hydrogens is 256 g/mol. The molecule has 0 amide bonds. The zero-order valence-corrected chi connectivity index (χ0v) is 12.2. The minimum atomic E-state index is -3.72. The van der Waals surface area contributed by atoms with Gasteiger partial charge in [0, 0.05) is 19.6 Å². The maximum atomic E-state index is 12.4. The van der Waals surface area contributed by atoms with Gasteiger partial charge >= 0.3 is 5.97 Å². The Labute approximate surface area is 109 Å². The first-order valence-corrected chi connectivity index (χ1v) is 7.59. The van der Waals surface area contributed by atoms with Crippen LogP contribution in [-0.2, 0) is 15.0 Å². The Morgan fingerprint density at radius 3 is 2.44 bits per heavy atom. The van der Waals surface area contributed by atoms with Crippen LogP contribution in [-0.4, -0.2) is 53.3 Å². The topological polar surface area (TPSA) is 77.9 Å². The molecule has 0 aromatic heterocycles. The van der Waals surface area contributed by atoms with Crippen LogP contribution in [0.5, 0.6) is 0 Å². The Hall–Kier alpha value is -0.660. The quantitative estimate of drug-likeness (QED) is 0.810. The monoisotopic (exact) mass is 278 g/mol. The van der Waals surface area contributed by atoms with Gasteiger partial charge in [0.25, 0.3) is 10.2 Å². The van der Waals surface area contributed by atoms with Crippen molar-refractivity contribution in [1.82, 2.24) is 8.61 Å². The van der Waals surface area contributed by atoms with Crippen molar-refractivity contribution in [3.05, 3.63) is 0 Å². The van der Waals surface area contributed by atoms with Crippen molar-refractivity contribution in [3.63, 3.8) is 0 Å². The highest BCUT2D eigenvalue weighted by Gasteiger charge is 2.52. The maximum absolute atomic E-state index is 12.4. The molecule has 1 unspecified atom stereocenters. The Kier molecular flexibility index (Phi) is 4.40. The Morgan fingerprint density at radius 2 is 2.06 bits per heavy atom. The summed E-state index contributed by atoms with van der Waals surface area (Å²) in [6, 6.07) is -0.195. The molecule has 1 saturated heterocycles. The summed E-state index contributed by atoms with van der Waals surface area (Å²) in [5, 5.41) is 9.39. The van der Waals surface area contributed by atoms with Crippen LogP contribution < -0.4 is 0 Å². The van der Waals surface area contributed by atoms with Crippen LogP contribution in [0, 0.1) is 0 Å². The second-order valence-corrected chi connectivity index (χ2v) is 6.90. The lowest BCUT2D eigenvalue weighted by Crippen LogP contribution is -2.56. The lowest BCUT2D eigenvalue weighted by atomic mass is 9.95. The van der Waals surface area contributed by atoms with E-state index in [0.29, 0.717) is 12.8 Å². The molecule has 0 saturated carbocycles. The predicted octanol–water partition coefficient (Wildman–Crippen LogP) is 0.901. The van der Waals surface area contributed by atoms with Gasteiger partial charge in [0.2, 0.25) is 0 Å². The third kappa shape index (κ3) is 2.26. The summed E-state index contributed by atoms with van der Waals surface area (Å²) in [6.45, 7) is 5.53. The van der Waals surface area contributed by atoms with E-state index >= 15 is 0 Å². The lowest BCUT2D eigenvalue weighted by molar-refractivity contribution is -0.147. The first-order chi connectivity index (χ1) is 8.20. The molecule has 1 atom stereocenters. The highest BCUT2D eigenvalue weighted by atomic mass is 32.2. The van der Waals surface area contributed by atoms with Crippen molar-refractivity contribution in [2.24, 2.45) is 0 Å². The van der Waals surface area contributed by atoms with Crippen molar-refractivity contribution < 1.29 is 18.3 Å². The van der Waals surface area contributed by atoms with Gasteiger partial charge in [-0.1, -0.05) is 6.92 Å². The van der Waals surface area contributed by atoms with E-state index in [-0.39, 0.29) is 19.0 Å². The van der Waals surface area contributed by atoms with Gasteiger partial charge in [-0.05, 0) is 33.1 Å². The number of carboxylic acid groups (broad SMARTS) is 1. The summed E-state index contributed by atoms with van der Waals surface area (Å²) in [7, 11) is -2.23. The minimum absolute atomic E-state index is 0.195. The van der Waals surface area contributed by atoms with E-state index in [0.717, 1.165) is 4.31 Å². The summed E-state index contributed by atoms with van der Waals surface area (Å²) in [4.78, 5) is 11.5. The van der Waals surface area contributed by atoms with Crippen LogP contribution >= 0.6 is 0 Å². The number of hydrogen-bond donors (Lipinski definition) is 1. The van der Waals surface area contributed by atoms with Crippen molar-refractivity contribution in [3.8, 4) is 0 Å². The Morgan fingerprint density at radius 1 is 1.50 bits per heavy atom. The second kappa shape index (κ2) is 5.14. The standard InChI is InChI=1S/C11H22N2O4S/c1-5-11(10(14)15)7-6-8-13(11)18(16,17)12(4)9(2)3/h9H,5-8H2,1-4H3,(H,14,15). The number of aliphatic carboxylic acids is 1. The van der Waals surface area contributed by atoms with E-state index in [2.05, 4.69) is 0 Å². The van der Waals surface area contributed by atoms with Gasteiger partial charge in [-0.25, -0.2) is 0 Å². The lowest BCUT2D eigenvalue weighted by Gasteiger charge is -2.36. The third-order valence-corrected chi connectivity index (χ3v) is 6.02. The number of hydrogen-bond acceptors (Lipinski definition) is 3. The Balaban J connectivity index is 3.19. The van der Waals surface area contributed by atoms with E-state index < -0.39 is 21.7 Å². The molecule has 0 aliphatic carbocycles. The minimum Gasteiger partial charge on any atom is -0.480 e. The van der Waals surface area contributed by atoms with E-state index in [1.807, 2.05) is 0 Å². The van der Waals surface area contributed by atoms with Crippen LogP contribution in [0.4, 0.5) is 0 Å². The van der Waals surface area contributed by atoms with Gasteiger partial charge in [0.1, 0.15) is 5.54 Å². The molecular formula is C11H22N2O4S. The maximum Gasteiger partial charge on any atom is 0.325 e. The summed E-state index contributed by atoms with van der Waals surface area (Å²) in [5.74, 6) is -1.05. The van der Waals surface area contributed by atoms with Gasteiger partial charge < -0.3 is 5.11 Å². The first-order valence-electron chi connectivity index (χ1n) is 6.19. The fourth-order valence-corrected chi connectivity index (χ4v) is 4.27. The van der Waals surface area contributed by atoms with E-state index in [1.54, 1.807) is 20.8 Å². The van der Waals surface area contributed by atoms with E-state index in [1.165, 1.54) is 11.4 Å². The molecule has 1 N–H and O–H groups in total.